The van der Waals surface area contributed by atoms with Gasteiger partial charge in [-0.1, -0.05) is 56.3 Å². The summed E-state index contributed by atoms with van der Waals surface area (Å²) < 4.78 is 10.9. The van der Waals surface area contributed by atoms with Crippen LogP contribution < -0.4 is 5.73 Å². The SMILES string of the molecule is C=C1CCC2[C@](C)(CO)C(O)CC[C@]2(C)[C@H]1CC(OC(=O)C(O)C(N)c1ccccc1)C1=CCOC1=O. The van der Waals surface area contributed by atoms with Gasteiger partial charge in [-0.2, -0.15) is 0 Å². The number of carbonyl (C=O) groups is 2. The third-order valence-electron chi connectivity index (χ3n) is 9.27. The molecule has 37 heavy (non-hydrogen) atoms. The molecule has 0 amide bonds. The molecule has 1 aliphatic heterocycles. The van der Waals surface area contributed by atoms with Crippen LogP contribution in [-0.4, -0.2) is 58.8 Å². The lowest BCUT2D eigenvalue weighted by molar-refractivity contribution is -0.166. The summed E-state index contributed by atoms with van der Waals surface area (Å²) in [6, 6.07) is 7.79. The van der Waals surface area contributed by atoms with Crippen molar-refractivity contribution in [2.24, 2.45) is 28.4 Å². The molecule has 0 saturated heterocycles. The normalized spacial score (nSPS) is 34.1. The number of fused-ring (bicyclic) bond motifs is 1. The number of hydrogen-bond donors (Lipinski definition) is 4. The molecule has 1 aromatic carbocycles. The minimum absolute atomic E-state index is 0.0159. The summed E-state index contributed by atoms with van der Waals surface area (Å²) in [5.74, 6) is -1.59. The van der Waals surface area contributed by atoms with Crippen molar-refractivity contribution in [1.82, 2.24) is 0 Å². The number of carbonyl (C=O) groups excluding carboxylic acids is 2. The zero-order chi connectivity index (χ0) is 27.0. The molecule has 4 rings (SSSR count). The Morgan fingerprint density at radius 1 is 1.27 bits per heavy atom. The number of nitrogens with two attached hydrogens (primary N) is 1. The molecule has 2 aliphatic carbocycles. The number of rotatable bonds is 8. The first-order valence-electron chi connectivity index (χ1n) is 13.1. The molecule has 8 nitrogen and oxygen atoms in total. The van der Waals surface area contributed by atoms with Crippen LogP contribution in [0.3, 0.4) is 0 Å². The van der Waals surface area contributed by atoms with Gasteiger partial charge in [0.15, 0.2) is 6.10 Å². The Morgan fingerprint density at radius 2 is 1.97 bits per heavy atom. The van der Waals surface area contributed by atoms with E-state index in [1.54, 1.807) is 30.3 Å². The first-order valence-corrected chi connectivity index (χ1v) is 13.1. The van der Waals surface area contributed by atoms with Gasteiger partial charge < -0.3 is 30.5 Å². The zero-order valence-corrected chi connectivity index (χ0v) is 21.6. The van der Waals surface area contributed by atoms with Crippen LogP contribution in [0.2, 0.25) is 0 Å². The van der Waals surface area contributed by atoms with Gasteiger partial charge in [-0.05, 0) is 61.0 Å². The Morgan fingerprint density at radius 3 is 2.59 bits per heavy atom. The second kappa shape index (κ2) is 10.7. The van der Waals surface area contributed by atoms with Crippen molar-refractivity contribution in [3.05, 3.63) is 59.7 Å². The number of hydrogen-bond acceptors (Lipinski definition) is 8. The molecule has 202 valence electrons. The van der Waals surface area contributed by atoms with E-state index in [-0.39, 0.29) is 42.5 Å². The van der Waals surface area contributed by atoms with Crippen molar-refractivity contribution in [2.75, 3.05) is 13.2 Å². The molecule has 1 aromatic rings. The number of esters is 2. The standard InChI is InChI=1S/C29H39NO7/c1-17-9-10-22-28(2,13-11-23(32)29(22,3)16-31)20(17)15-21(19-12-14-36-26(19)34)37-27(35)25(33)24(30)18-7-5-4-6-8-18/h4-8,12,20-25,31-33H,1,9-11,13-16,30H2,2-3H3/t20-,21?,22?,23?,24?,25?,28+,29-/m0/s1. The number of ether oxygens (including phenoxy) is 2. The van der Waals surface area contributed by atoms with Gasteiger partial charge in [0.1, 0.15) is 12.7 Å². The van der Waals surface area contributed by atoms with E-state index in [4.69, 9.17) is 15.2 Å². The molecule has 0 radical (unpaired) electrons. The molecular formula is C29H39NO7. The highest BCUT2D eigenvalue weighted by molar-refractivity contribution is 5.92. The average Bonchev–Trinajstić information content (AvgIpc) is 3.33. The van der Waals surface area contributed by atoms with Crippen molar-refractivity contribution in [2.45, 2.75) is 70.3 Å². The smallest absolute Gasteiger partial charge is 0.337 e. The predicted octanol–water partition coefficient (Wildman–Crippen LogP) is 2.57. The molecule has 8 heteroatoms. The molecule has 0 spiro atoms. The fourth-order valence-corrected chi connectivity index (χ4v) is 6.94. The van der Waals surface area contributed by atoms with Crippen molar-refractivity contribution >= 4 is 11.9 Å². The number of aliphatic hydroxyl groups is 3. The number of benzene rings is 1. The molecule has 5 unspecified atom stereocenters. The Kier molecular flexibility index (Phi) is 7.95. The number of cyclic esters (lactones) is 1. The molecule has 0 bridgehead atoms. The van der Waals surface area contributed by atoms with Crippen LogP contribution in [0.5, 0.6) is 0 Å². The fraction of sp³-hybridized carbons (Fsp3) is 0.586. The molecule has 0 aromatic heterocycles. The first-order chi connectivity index (χ1) is 17.5. The summed E-state index contributed by atoms with van der Waals surface area (Å²) in [6.45, 7) is 8.37. The largest absolute Gasteiger partial charge is 0.458 e. The Labute approximate surface area is 218 Å². The highest BCUT2D eigenvalue weighted by Gasteiger charge is 2.58. The minimum atomic E-state index is -1.62. The summed E-state index contributed by atoms with van der Waals surface area (Å²) in [6.07, 6.45) is 1.45. The number of aliphatic hydroxyl groups excluding tert-OH is 3. The van der Waals surface area contributed by atoms with Crippen LogP contribution in [0.1, 0.15) is 57.6 Å². The Bertz CT molecular complexity index is 1060. The minimum Gasteiger partial charge on any atom is -0.458 e. The lowest BCUT2D eigenvalue weighted by atomic mass is 9.46. The molecule has 5 N–H and O–H groups in total. The van der Waals surface area contributed by atoms with Gasteiger partial charge in [-0.25, -0.2) is 9.59 Å². The van der Waals surface area contributed by atoms with E-state index < -0.39 is 41.7 Å². The van der Waals surface area contributed by atoms with Crippen molar-refractivity contribution in [3.63, 3.8) is 0 Å². The lowest BCUT2D eigenvalue weighted by Crippen LogP contribution is -2.57. The monoisotopic (exact) mass is 513 g/mol. The summed E-state index contributed by atoms with van der Waals surface area (Å²) in [7, 11) is 0. The van der Waals surface area contributed by atoms with Crippen LogP contribution in [0.25, 0.3) is 0 Å². The van der Waals surface area contributed by atoms with Crippen molar-refractivity contribution < 1.29 is 34.4 Å². The third-order valence-corrected chi connectivity index (χ3v) is 9.27. The van der Waals surface area contributed by atoms with Gasteiger partial charge in [-0.15, -0.1) is 0 Å². The van der Waals surface area contributed by atoms with E-state index in [1.165, 1.54) is 0 Å². The van der Waals surface area contributed by atoms with E-state index in [9.17, 15) is 24.9 Å². The van der Waals surface area contributed by atoms with E-state index >= 15 is 0 Å². The second-order valence-corrected chi connectivity index (χ2v) is 11.3. The summed E-state index contributed by atoms with van der Waals surface area (Å²) in [5.41, 5.74) is 6.97. The van der Waals surface area contributed by atoms with E-state index in [2.05, 4.69) is 13.5 Å². The highest BCUT2D eigenvalue weighted by atomic mass is 16.6. The molecule has 2 saturated carbocycles. The van der Waals surface area contributed by atoms with Gasteiger partial charge >= 0.3 is 11.9 Å². The molecule has 8 atom stereocenters. The second-order valence-electron chi connectivity index (χ2n) is 11.3. The van der Waals surface area contributed by atoms with Crippen molar-refractivity contribution in [3.8, 4) is 0 Å². The maximum atomic E-state index is 13.1. The maximum absolute atomic E-state index is 13.1. The Hall–Kier alpha value is -2.52. The molecule has 1 heterocycles. The van der Waals surface area contributed by atoms with Crippen LogP contribution >= 0.6 is 0 Å². The highest BCUT2D eigenvalue weighted by Crippen LogP contribution is 2.62. The predicted molar refractivity (Wildman–Crippen MR) is 137 cm³/mol. The van der Waals surface area contributed by atoms with Gasteiger partial charge in [-0.3, -0.25) is 0 Å². The summed E-state index contributed by atoms with van der Waals surface area (Å²) in [5, 5.41) is 31.8. The molecular weight excluding hydrogens is 474 g/mol. The summed E-state index contributed by atoms with van der Waals surface area (Å²) >= 11 is 0. The number of allylic oxidation sites excluding steroid dienone is 1. The van der Waals surface area contributed by atoms with Crippen LogP contribution in [0.15, 0.2) is 54.1 Å². The fourth-order valence-electron chi connectivity index (χ4n) is 6.94. The van der Waals surface area contributed by atoms with Gasteiger partial charge in [0, 0.05) is 5.41 Å². The third kappa shape index (κ3) is 5.00. The van der Waals surface area contributed by atoms with E-state index in [0.29, 0.717) is 24.8 Å². The van der Waals surface area contributed by atoms with Gasteiger partial charge in [0.25, 0.3) is 0 Å². The summed E-state index contributed by atoms with van der Waals surface area (Å²) in [4.78, 5) is 25.6. The van der Waals surface area contributed by atoms with Crippen molar-refractivity contribution in [1.29, 1.82) is 0 Å². The molecule has 2 fully saturated rings. The quantitative estimate of drug-likeness (QED) is 0.307. The molecule has 3 aliphatic rings. The van der Waals surface area contributed by atoms with Gasteiger partial charge in [0.05, 0.1) is 24.3 Å². The Balaban J connectivity index is 1.60. The topological polar surface area (TPSA) is 139 Å². The average molecular weight is 514 g/mol. The van der Waals surface area contributed by atoms with Crippen LogP contribution in [0.4, 0.5) is 0 Å². The maximum Gasteiger partial charge on any atom is 0.337 e. The zero-order valence-electron chi connectivity index (χ0n) is 21.6. The van der Waals surface area contributed by atoms with E-state index in [0.717, 1.165) is 12.0 Å². The van der Waals surface area contributed by atoms with E-state index in [1.807, 2.05) is 13.0 Å². The first kappa shape index (κ1) is 27.5. The lowest BCUT2D eigenvalue weighted by Gasteiger charge is -2.60. The van der Waals surface area contributed by atoms with Crippen LogP contribution in [-0.2, 0) is 19.1 Å². The van der Waals surface area contributed by atoms with Crippen LogP contribution in [0, 0.1) is 22.7 Å². The van der Waals surface area contributed by atoms with Gasteiger partial charge in [0.2, 0.25) is 0 Å².